The summed E-state index contributed by atoms with van der Waals surface area (Å²) < 4.78 is 6.16. The largest absolute Gasteiger partial charge is 0.618 e. The normalized spacial score (nSPS) is 11.2. The quantitative estimate of drug-likeness (QED) is 0.483. The lowest BCUT2D eigenvalue weighted by Crippen LogP contribution is -2.29. The molecule has 1 aromatic carbocycles. The summed E-state index contributed by atoms with van der Waals surface area (Å²) in [7, 11) is 0. The van der Waals surface area contributed by atoms with Crippen LogP contribution in [-0.4, -0.2) is 11.6 Å². The van der Waals surface area contributed by atoms with Gasteiger partial charge < -0.3 is 9.94 Å². The molecule has 0 bridgehead atoms. The molecule has 0 saturated carbocycles. The molecule has 0 N–H and O–H groups in total. The van der Waals surface area contributed by atoms with Gasteiger partial charge in [0.25, 0.3) is 0 Å². The lowest BCUT2D eigenvalue weighted by Gasteiger charge is -2.19. The van der Waals surface area contributed by atoms with Crippen LogP contribution < -0.4 is 4.73 Å². The fraction of sp³-hybridized carbons (Fsp3) is 0.294. The minimum atomic E-state index is -0.547. The van der Waals surface area contributed by atoms with Crippen molar-refractivity contribution >= 4 is 5.97 Å². The number of pyridine rings is 1. The Hall–Kier alpha value is -2.36. The smallest absolute Gasteiger partial charge is 0.338 e. The first kappa shape index (κ1) is 15.0. The highest BCUT2D eigenvalue weighted by Crippen LogP contribution is 2.21. The van der Waals surface area contributed by atoms with Gasteiger partial charge in [-0.2, -0.15) is 4.73 Å². The summed E-state index contributed by atoms with van der Waals surface area (Å²) in [6.07, 6.45) is 1.45. The Bertz CT molecular complexity index is 652. The summed E-state index contributed by atoms with van der Waals surface area (Å²) >= 11 is 0. The molecular weight excluding hydrogens is 266 g/mol. The molecule has 21 heavy (non-hydrogen) atoms. The summed E-state index contributed by atoms with van der Waals surface area (Å²) in [5.41, 5.74) is 1.99. The van der Waals surface area contributed by atoms with Gasteiger partial charge in [-0.25, -0.2) is 4.79 Å². The molecule has 1 aromatic heterocycles. The van der Waals surface area contributed by atoms with Gasteiger partial charge in [-0.05, 0) is 52.0 Å². The number of ether oxygens (including phenoxy) is 1. The molecule has 2 rings (SSSR count). The van der Waals surface area contributed by atoms with Crippen LogP contribution in [0.25, 0.3) is 11.3 Å². The third-order valence-corrected chi connectivity index (χ3v) is 2.93. The maximum atomic E-state index is 12.1. The molecule has 0 radical (unpaired) electrons. The van der Waals surface area contributed by atoms with Crippen LogP contribution in [0.15, 0.2) is 42.6 Å². The minimum Gasteiger partial charge on any atom is -0.618 e. The van der Waals surface area contributed by atoms with Crippen molar-refractivity contribution in [3.05, 3.63) is 58.9 Å². The van der Waals surface area contributed by atoms with Crippen LogP contribution in [0.1, 0.15) is 36.7 Å². The van der Waals surface area contributed by atoms with Crippen molar-refractivity contribution in [1.82, 2.24) is 0 Å². The average molecular weight is 285 g/mol. The van der Waals surface area contributed by atoms with E-state index < -0.39 is 11.6 Å². The van der Waals surface area contributed by atoms with Crippen LogP contribution in [0.2, 0.25) is 0 Å². The summed E-state index contributed by atoms with van der Waals surface area (Å²) in [4.78, 5) is 12.1. The van der Waals surface area contributed by atoms with Crippen molar-refractivity contribution in [2.24, 2.45) is 0 Å². The second-order valence-electron chi connectivity index (χ2n) is 5.95. The Morgan fingerprint density at radius 2 is 1.90 bits per heavy atom. The number of hydrogen-bond acceptors (Lipinski definition) is 3. The predicted octanol–water partition coefficient (Wildman–Crippen LogP) is 3.25. The maximum Gasteiger partial charge on any atom is 0.338 e. The van der Waals surface area contributed by atoms with Crippen molar-refractivity contribution in [2.75, 3.05) is 0 Å². The zero-order chi connectivity index (χ0) is 15.6. The molecule has 0 aliphatic carbocycles. The summed E-state index contributed by atoms with van der Waals surface area (Å²) in [5.74, 6) is -0.393. The highest BCUT2D eigenvalue weighted by molar-refractivity contribution is 5.91. The summed E-state index contributed by atoms with van der Waals surface area (Å²) in [6.45, 7) is 7.33. The molecule has 0 saturated heterocycles. The molecule has 0 unspecified atom stereocenters. The fourth-order valence-electron chi connectivity index (χ4n) is 2.08. The second kappa shape index (κ2) is 5.56. The van der Waals surface area contributed by atoms with E-state index in [9.17, 15) is 10.0 Å². The lowest BCUT2D eigenvalue weighted by atomic mass is 10.0. The van der Waals surface area contributed by atoms with Crippen molar-refractivity contribution in [3.8, 4) is 11.3 Å². The molecule has 0 aliphatic rings. The molecular formula is C17H19NO3. The van der Waals surface area contributed by atoms with E-state index in [0.717, 1.165) is 10.3 Å². The van der Waals surface area contributed by atoms with Gasteiger partial charge in [0, 0.05) is 17.2 Å². The number of rotatable bonds is 2. The molecule has 1 heterocycles. The standard InChI is InChI=1S/C17H19NO3/c1-12-7-6-10-18(20)15(12)13-8-5-9-14(11-13)16(19)21-17(2,3)4/h5-11H,1-4H3. The van der Waals surface area contributed by atoms with Gasteiger partial charge in [0.2, 0.25) is 5.69 Å². The topological polar surface area (TPSA) is 53.2 Å². The van der Waals surface area contributed by atoms with E-state index in [-0.39, 0.29) is 0 Å². The fourth-order valence-corrected chi connectivity index (χ4v) is 2.08. The number of aryl methyl sites for hydroxylation is 1. The van der Waals surface area contributed by atoms with Crippen LogP contribution in [0.4, 0.5) is 0 Å². The number of hydrogen-bond donors (Lipinski definition) is 0. The molecule has 4 heteroatoms. The first-order valence-electron chi connectivity index (χ1n) is 6.80. The van der Waals surface area contributed by atoms with E-state index in [0.29, 0.717) is 16.8 Å². The molecule has 0 aliphatic heterocycles. The van der Waals surface area contributed by atoms with E-state index in [2.05, 4.69) is 0 Å². The van der Waals surface area contributed by atoms with Crippen molar-refractivity contribution < 1.29 is 14.3 Å². The third-order valence-electron chi connectivity index (χ3n) is 2.93. The van der Waals surface area contributed by atoms with Crippen molar-refractivity contribution in [2.45, 2.75) is 33.3 Å². The summed E-state index contributed by atoms with van der Waals surface area (Å²) in [6, 6.07) is 10.5. The molecule has 0 spiro atoms. The van der Waals surface area contributed by atoms with Gasteiger partial charge >= 0.3 is 5.97 Å². The predicted molar refractivity (Wildman–Crippen MR) is 80.7 cm³/mol. The minimum absolute atomic E-state index is 0.393. The maximum absolute atomic E-state index is 12.1. The monoisotopic (exact) mass is 285 g/mol. The van der Waals surface area contributed by atoms with Crippen molar-refractivity contribution in [3.63, 3.8) is 0 Å². The average Bonchev–Trinajstić information content (AvgIpc) is 2.37. The zero-order valence-electron chi connectivity index (χ0n) is 12.7. The highest BCUT2D eigenvalue weighted by atomic mass is 16.6. The Morgan fingerprint density at radius 3 is 2.52 bits per heavy atom. The van der Waals surface area contributed by atoms with Crippen LogP contribution in [-0.2, 0) is 4.74 Å². The van der Waals surface area contributed by atoms with Gasteiger partial charge in [0.15, 0.2) is 6.20 Å². The first-order chi connectivity index (χ1) is 9.78. The van der Waals surface area contributed by atoms with Gasteiger partial charge in [-0.1, -0.05) is 6.07 Å². The van der Waals surface area contributed by atoms with E-state index in [1.54, 1.807) is 24.3 Å². The Labute approximate surface area is 124 Å². The SMILES string of the molecule is Cc1ccc[n+]([O-])c1-c1cccc(C(=O)OC(C)(C)C)c1. The first-order valence-corrected chi connectivity index (χ1v) is 6.80. The van der Waals surface area contributed by atoms with Crippen LogP contribution >= 0.6 is 0 Å². The lowest BCUT2D eigenvalue weighted by molar-refractivity contribution is -0.594. The van der Waals surface area contributed by atoms with Gasteiger partial charge in [0.1, 0.15) is 5.60 Å². The van der Waals surface area contributed by atoms with Crippen LogP contribution in [0.3, 0.4) is 0 Å². The molecule has 0 atom stereocenters. The molecule has 0 amide bonds. The zero-order valence-corrected chi connectivity index (χ0v) is 12.7. The van der Waals surface area contributed by atoms with Crippen LogP contribution in [0, 0.1) is 12.1 Å². The third kappa shape index (κ3) is 3.60. The molecule has 0 fully saturated rings. The number of aromatic nitrogens is 1. The second-order valence-corrected chi connectivity index (χ2v) is 5.95. The van der Waals surface area contributed by atoms with E-state index in [1.807, 2.05) is 39.8 Å². The van der Waals surface area contributed by atoms with E-state index >= 15 is 0 Å². The van der Waals surface area contributed by atoms with Gasteiger partial charge in [0.05, 0.1) is 5.56 Å². The number of benzene rings is 1. The van der Waals surface area contributed by atoms with Gasteiger partial charge in [-0.3, -0.25) is 0 Å². The van der Waals surface area contributed by atoms with E-state index in [4.69, 9.17) is 4.74 Å². The Kier molecular flexibility index (Phi) is 3.98. The number of carbonyl (C=O) groups is 1. The Morgan fingerprint density at radius 1 is 1.19 bits per heavy atom. The number of carbonyl (C=O) groups excluding carboxylic acids is 1. The van der Waals surface area contributed by atoms with Gasteiger partial charge in [-0.15, -0.1) is 0 Å². The molecule has 110 valence electrons. The molecule has 2 aromatic rings. The van der Waals surface area contributed by atoms with E-state index in [1.165, 1.54) is 6.20 Å². The molecule has 4 nitrogen and oxygen atoms in total. The number of nitrogens with zero attached hydrogens (tertiary/aromatic N) is 1. The number of esters is 1. The van der Waals surface area contributed by atoms with Crippen LogP contribution in [0.5, 0.6) is 0 Å². The highest BCUT2D eigenvalue weighted by Gasteiger charge is 2.19. The van der Waals surface area contributed by atoms with Crippen molar-refractivity contribution in [1.29, 1.82) is 0 Å². The Balaban J connectivity index is 2.41. The summed E-state index contributed by atoms with van der Waals surface area (Å²) in [5, 5.41) is 12.0.